The first-order valence-electron chi connectivity index (χ1n) is 8.25. The number of phenols is 1. The first-order valence-corrected chi connectivity index (χ1v) is 9.86. The number of aromatic hydroxyl groups is 1. The molecule has 7 nitrogen and oxygen atoms in total. The Morgan fingerprint density at radius 3 is 2.93 bits per heavy atom. The van der Waals surface area contributed by atoms with Gasteiger partial charge in [-0.1, -0.05) is 22.9 Å². The number of carbonyl (C=O) groups is 1. The van der Waals surface area contributed by atoms with Gasteiger partial charge in [-0.05, 0) is 36.8 Å². The van der Waals surface area contributed by atoms with Crippen LogP contribution in [0, 0.1) is 16.0 Å². The molecule has 0 fully saturated rings. The van der Waals surface area contributed by atoms with Crippen LogP contribution in [0.25, 0.3) is 0 Å². The third-order valence-corrected chi connectivity index (χ3v) is 6.10. The quantitative estimate of drug-likeness (QED) is 0.311. The van der Waals surface area contributed by atoms with Gasteiger partial charge in [-0.2, -0.15) is 0 Å². The molecule has 1 aromatic carbocycles. The summed E-state index contributed by atoms with van der Waals surface area (Å²) in [4.78, 5) is 28.2. The molecular formula is C18H17BrN2O5S. The van der Waals surface area contributed by atoms with Crippen molar-refractivity contribution in [2.45, 2.75) is 26.2 Å². The Morgan fingerprint density at radius 2 is 2.26 bits per heavy atom. The van der Waals surface area contributed by atoms with Crippen LogP contribution in [0.3, 0.4) is 0 Å². The number of hydrogen-bond donors (Lipinski definition) is 1. The van der Waals surface area contributed by atoms with Gasteiger partial charge in [0.05, 0.1) is 17.6 Å². The molecule has 9 heteroatoms. The maximum absolute atomic E-state index is 12.3. The van der Waals surface area contributed by atoms with Gasteiger partial charge in [0.25, 0.3) is 0 Å². The van der Waals surface area contributed by atoms with Crippen LogP contribution in [0.2, 0.25) is 0 Å². The number of benzene rings is 1. The molecular weight excluding hydrogens is 436 g/mol. The zero-order chi connectivity index (χ0) is 19.7. The van der Waals surface area contributed by atoms with Gasteiger partial charge < -0.3 is 9.84 Å². The number of esters is 1. The minimum atomic E-state index is -0.664. The molecule has 0 saturated carbocycles. The fourth-order valence-corrected chi connectivity index (χ4v) is 4.92. The highest BCUT2D eigenvalue weighted by Crippen LogP contribution is 2.42. The molecule has 0 spiro atoms. The van der Waals surface area contributed by atoms with E-state index in [-0.39, 0.29) is 5.56 Å². The Bertz CT molecular complexity index is 954. The van der Waals surface area contributed by atoms with Gasteiger partial charge in [0.2, 0.25) is 5.75 Å². The van der Waals surface area contributed by atoms with Gasteiger partial charge in [-0.3, -0.25) is 10.1 Å². The number of carbonyl (C=O) groups excluding carboxylic acids is 1. The van der Waals surface area contributed by atoms with Gasteiger partial charge in [0.1, 0.15) is 5.00 Å². The van der Waals surface area contributed by atoms with E-state index >= 15 is 0 Å². The topological polar surface area (TPSA) is 102 Å². The molecule has 0 aliphatic heterocycles. The number of thiophene rings is 1. The molecule has 0 bridgehead atoms. The first-order chi connectivity index (χ1) is 12.8. The lowest BCUT2D eigenvalue weighted by molar-refractivity contribution is -0.385. The van der Waals surface area contributed by atoms with Gasteiger partial charge in [-0.15, -0.1) is 11.3 Å². The van der Waals surface area contributed by atoms with Crippen LogP contribution < -0.4 is 0 Å². The van der Waals surface area contributed by atoms with E-state index in [1.807, 2.05) is 0 Å². The molecule has 1 atom stereocenters. The largest absolute Gasteiger partial charge is 0.502 e. The van der Waals surface area contributed by atoms with Crippen LogP contribution in [0.5, 0.6) is 5.75 Å². The van der Waals surface area contributed by atoms with Crippen molar-refractivity contribution in [2.24, 2.45) is 10.9 Å². The number of hydrogen-bond acceptors (Lipinski definition) is 7. The Labute approximate surface area is 168 Å². The summed E-state index contributed by atoms with van der Waals surface area (Å²) >= 11 is 4.62. The number of fused-ring (bicyclic) bond motifs is 1. The third-order valence-electron chi connectivity index (χ3n) is 4.48. The van der Waals surface area contributed by atoms with E-state index in [9.17, 15) is 20.0 Å². The molecule has 27 heavy (non-hydrogen) atoms. The molecule has 1 aromatic heterocycles. The normalized spacial score (nSPS) is 16.3. The monoisotopic (exact) mass is 452 g/mol. The summed E-state index contributed by atoms with van der Waals surface area (Å²) in [5, 5.41) is 21.7. The van der Waals surface area contributed by atoms with Crippen LogP contribution in [-0.2, 0) is 17.6 Å². The molecule has 0 radical (unpaired) electrons. The molecule has 0 amide bonds. The Kier molecular flexibility index (Phi) is 5.61. The van der Waals surface area contributed by atoms with Gasteiger partial charge in [0, 0.05) is 27.2 Å². The second-order valence-corrected chi connectivity index (χ2v) is 8.40. The summed E-state index contributed by atoms with van der Waals surface area (Å²) in [7, 11) is 1.33. The lowest BCUT2D eigenvalue weighted by atomic mass is 9.88. The summed E-state index contributed by atoms with van der Waals surface area (Å²) < 4.78 is 5.37. The first kappa shape index (κ1) is 19.5. The summed E-state index contributed by atoms with van der Waals surface area (Å²) in [6, 6.07) is 2.75. The number of nitro benzene ring substituents is 1. The van der Waals surface area contributed by atoms with Gasteiger partial charge in [0.15, 0.2) is 0 Å². The van der Waals surface area contributed by atoms with E-state index in [4.69, 9.17) is 4.74 Å². The van der Waals surface area contributed by atoms with E-state index < -0.39 is 22.3 Å². The molecule has 1 N–H and O–H groups in total. The molecule has 1 aliphatic carbocycles. The second-order valence-electron chi connectivity index (χ2n) is 6.40. The summed E-state index contributed by atoms with van der Waals surface area (Å²) in [5.41, 5.74) is 1.19. The number of halogens is 1. The number of nitro groups is 1. The highest BCUT2D eigenvalue weighted by Gasteiger charge is 2.28. The van der Waals surface area contributed by atoms with Crippen LogP contribution in [0.15, 0.2) is 21.6 Å². The lowest BCUT2D eigenvalue weighted by Gasteiger charge is -2.18. The van der Waals surface area contributed by atoms with Gasteiger partial charge in [-0.25, -0.2) is 9.79 Å². The van der Waals surface area contributed by atoms with Gasteiger partial charge >= 0.3 is 11.7 Å². The molecule has 1 unspecified atom stereocenters. The molecule has 1 heterocycles. The van der Waals surface area contributed by atoms with Crippen molar-refractivity contribution < 1.29 is 19.6 Å². The van der Waals surface area contributed by atoms with Crippen molar-refractivity contribution >= 4 is 50.1 Å². The van der Waals surface area contributed by atoms with Crippen molar-refractivity contribution in [3.63, 3.8) is 0 Å². The van der Waals surface area contributed by atoms with Crippen LogP contribution in [-0.4, -0.2) is 29.3 Å². The summed E-state index contributed by atoms with van der Waals surface area (Å²) in [6.45, 7) is 2.17. The van der Waals surface area contributed by atoms with Crippen molar-refractivity contribution in [1.29, 1.82) is 0 Å². The predicted octanol–water partition coefficient (Wildman–Crippen LogP) is 4.79. The van der Waals surface area contributed by atoms with Crippen molar-refractivity contribution in [1.82, 2.24) is 0 Å². The molecule has 0 saturated heterocycles. The van der Waals surface area contributed by atoms with E-state index in [2.05, 4.69) is 27.8 Å². The second kappa shape index (κ2) is 7.77. The Morgan fingerprint density at radius 1 is 1.52 bits per heavy atom. The van der Waals surface area contributed by atoms with E-state index in [1.165, 1.54) is 36.8 Å². The molecule has 1 aliphatic rings. The van der Waals surface area contributed by atoms with E-state index in [0.29, 0.717) is 21.0 Å². The molecule has 3 rings (SSSR count). The number of methoxy groups -OCH3 is 1. The fraction of sp³-hybridized carbons (Fsp3) is 0.333. The summed E-state index contributed by atoms with van der Waals surface area (Å²) in [6.07, 6.45) is 4.00. The Balaban J connectivity index is 2.06. The average molecular weight is 453 g/mol. The maximum atomic E-state index is 12.3. The predicted molar refractivity (Wildman–Crippen MR) is 107 cm³/mol. The lowest BCUT2D eigenvalue weighted by Crippen LogP contribution is -2.12. The number of phenolic OH excluding ortho intramolecular Hbond substituents is 1. The van der Waals surface area contributed by atoms with Crippen LogP contribution in [0.1, 0.15) is 39.7 Å². The molecule has 2 aromatic rings. The minimum Gasteiger partial charge on any atom is -0.502 e. The molecule has 142 valence electrons. The zero-order valence-electron chi connectivity index (χ0n) is 14.7. The highest BCUT2D eigenvalue weighted by atomic mass is 79.9. The smallest absolute Gasteiger partial charge is 0.341 e. The SMILES string of the molecule is COC(=O)c1c(N=Cc2cc(Br)cc([N+](=O)[O-])c2O)sc2c1CCC(C)C2. The van der Waals surface area contributed by atoms with E-state index in [1.54, 1.807) is 0 Å². The van der Waals surface area contributed by atoms with Crippen LogP contribution >= 0.6 is 27.3 Å². The number of aliphatic imine (C=N–C) groups is 1. The summed E-state index contributed by atoms with van der Waals surface area (Å²) in [5.74, 6) is -0.379. The third kappa shape index (κ3) is 3.89. The number of ether oxygens (including phenoxy) is 1. The van der Waals surface area contributed by atoms with Crippen LogP contribution in [0.4, 0.5) is 10.7 Å². The zero-order valence-corrected chi connectivity index (χ0v) is 17.1. The standard InChI is InChI=1S/C18H17BrN2O5S/c1-9-3-4-12-14(5-9)27-17(15(12)18(23)26-2)20-8-10-6-11(19)7-13(16(10)22)21(24)25/h6-9,22H,3-5H2,1-2H3. The number of rotatable bonds is 4. The Hall–Kier alpha value is -2.26. The van der Waals surface area contributed by atoms with Crippen molar-refractivity contribution in [3.05, 3.63) is 48.3 Å². The van der Waals surface area contributed by atoms with Crippen molar-refractivity contribution in [2.75, 3.05) is 7.11 Å². The van der Waals surface area contributed by atoms with Crippen molar-refractivity contribution in [3.8, 4) is 5.75 Å². The highest BCUT2D eigenvalue weighted by molar-refractivity contribution is 9.10. The fourth-order valence-electron chi connectivity index (χ4n) is 3.11. The maximum Gasteiger partial charge on any atom is 0.341 e. The minimum absolute atomic E-state index is 0.187. The van der Waals surface area contributed by atoms with E-state index in [0.717, 1.165) is 29.7 Å². The average Bonchev–Trinajstić information content (AvgIpc) is 2.98. The number of nitrogens with zero attached hydrogens (tertiary/aromatic N) is 2.